The van der Waals surface area contributed by atoms with E-state index in [1.54, 1.807) is 24.3 Å². The molecule has 26 heavy (non-hydrogen) atoms. The van der Waals surface area contributed by atoms with Gasteiger partial charge < -0.3 is 14.8 Å². The fraction of sp³-hybridized carbons (Fsp3) is 0.250. The average molecular weight is 394 g/mol. The van der Waals surface area contributed by atoms with Crippen molar-refractivity contribution < 1.29 is 14.3 Å². The Morgan fingerprint density at radius 3 is 2.62 bits per heavy atom. The summed E-state index contributed by atoms with van der Waals surface area (Å²) in [5, 5.41) is 3.62. The molecule has 0 atom stereocenters. The summed E-state index contributed by atoms with van der Waals surface area (Å²) in [6, 6.07) is 10.4. The largest absolute Gasteiger partial charge is 0.490 e. The quantitative estimate of drug-likeness (QED) is 0.573. The maximum Gasteiger partial charge on any atom is 0.248 e. The molecule has 1 amide bonds. The molecule has 0 aromatic heterocycles. The summed E-state index contributed by atoms with van der Waals surface area (Å²) in [4.78, 5) is 12.1. The van der Waals surface area contributed by atoms with Crippen LogP contribution in [0.15, 0.2) is 42.5 Å². The molecule has 0 saturated carbocycles. The zero-order chi connectivity index (χ0) is 18.9. The fourth-order valence-electron chi connectivity index (χ4n) is 2.17. The lowest BCUT2D eigenvalue weighted by Crippen LogP contribution is -2.08. The normalized spacial score (nSPS) is 10.8. The molecule has 2 aromatic carbocycles. The van der Waals surface area contributed by atoms with Crippen LogP contribution in [-0.4, -0.2) is 19.1 Å². The average Bonchev–Trinajstić information content (AvgIpc) is 2.62. The second-order valence-electron chi connectivity index (χ2n) is 5.43. The minimum atomic E-state index is -0.307. The number of hydrogen-bond donors (Lipinski definition) is 1. The van der Waals surface area contributed by atoms with Gasteiger partial charge in [-0.1, -0.05) is 36.2 Å². The summed E-state index contributed by atoms with van der Waals surface area (Å²) in [6.45, 7) is 5.11. The van der Waals surface area contributed by atoms with Gasteiger partial charge in [0.2, 0.25) is 5.91 Å². The van der Waals surface area contributed by atoms with Crippen molar-refractivity contribution in [1.82, 2.24) is 0 Å². The highest BCUT2D eigenvalue weighted by atomic mass is 35.5. The predicted molar refractivity (Wildman–Crippen MR) is 108 cm³/mol. The topological polar surface area (TPSA) is 47.6 Å². The van der Waals surface area contributed by atoms with Crippen LogP contribution >= 0.6 is 23.2 Å². The molecule has 0 aliphatic carbocycles. The van der Waals surface area contributed by atoms with Gasteiger partial charge in [-0.2, -0.15) is 0 Å². The Hall–Kier alpha value is -2.17. The van der Waals surface area contributed by atoms with Gasteiger partial charge in [-0.3, -0.25) is 4.79 Å². The number of amides is 1. The van der Waals surface area contributed by atoms with Gasteiger partial charge in [0.05, 0.1) is 23.9 Å². The monoisotopic (exact) mass is 393 g/mol. The molecule has 0 radical (unpaired) electrons. The van der Waals surface area contributed by atoms with Crippen molar-refractivity contribution >= 4 is 40.9 Å². The molecule has 138 valence electrons. The molecule has 0 saturated heterocycles. The summed E-state index contributed by atoms with van der Waals surface area (Å²) >= 11 is 12.0. The number of halogens is 2. The highest BCUT2D eigenvalue weighted by Crippen LogP contribution is 2.29. The van der Waals surface area contributed by atoms with Crippen molar-refractivity contribution in [3.63, 3.8) is 0 Å². The lowest BCUT2D eigenvalue weighted by Gasteiger charge is -2.12. The maximum absolute atomic E-state index is 12.1. The van der Waals surface area contributed by atoms with Crippen LogP contribution < -0.4 is 14.8 Å². The summed E-state index contributed by atoms with van der Waals surface area (Å²) < 4.78 is 11.3. The zero-order valence-electron chi connectivity index (χ0n) is 14.7. The van der Waals surface area contributed by atoms with Gasteiger partial charge in [0.25, 0.3) is 0 Å². The van der Waals surface area contributed by atoms with Gasteiger partial charge in [-0.05, 0) is 55.3 Å². The van der Waals surface area contributed by atoms with Crippen molar-refractivity contribution in [3.8, 4) is 11.5 Å². The van der Waals surface area contributed by atoms with Crippen LogP contribution in [0.4, 0.5) is 5.69 Å². The third-order valence-electron chi connectivity index (χ3n) is 3.34. The number of ether oxygens (including phenoxy) is 2. The van der Waals surface area contributed by atoms with Crippen LogP contribution in [0, 0.1) is 0 Å². The second kappa shape index (κ2) is 10.1. The molecule has 0 aliphatic heterocycles. The lowest BCUT2D eigenvalue weighted by molar-refractivity contribution is -0.111. The van der Waals surface area contributed by atoms with Crippen molar-refractivity contribution in [2.75, 3.05) is 18.5 Å². The van der Waals surface area contributed by atoms with Gasteiger partial charge >= 0.3 is 0 Å². The van der Waals surface area contributed by atoms with Crippen molar-refractivity contribution in [2.45, 2.75) is 20.3 Å². The van der Waals surface area contributed by atoms with Crippen LogP contribution in [-0.2, 0) is 4.79 Å². The minimum Gasteiger partial charge on any atom is -0.490 e. The first kappa shape index (κ1) is 20.1. The molecule has 6 heteroatoms. The first-order valence-corrected chi connectivity index (χ1v) is 9.12. The molecule has 4 nitrogen and oxygen atoms in total. The Labute approximate surface area is 163 Å². The minimum absolute atomic E-state index is 0.307. The van der Waals surface area contributed by atoms with Gasteiger partial charge in [-0.15, -0.1) is 0 Å². The van der Waals surface area contributed by atoms with Crippen molar-refractivity contribution in [2.24, 2.45) is 0 Å². The van der Waals surface area contributed by atoms with Crippen LogP contribution in [0.25, 0.3) is 6.08 Å². The van der Waals surface area contributed by atoms with E-state index in [0.717, 1.165) is 12.0 Å². The molecule has 0 spiro atoms. The number of hydrogen-bond acceptors (Lipinski definition) is 3. The molecule has 0 fully saturated rings. The van der Waals surface area contributed by atoms with Crippen LogP contribution in [0.1, 0.15) is 25.8 Å². The van der Waals surface area contributed by atoms with E-state index in [1.165, 1.54) is 6.08 Å². The highest BCUT2D eigenvalue weighted by molar-refractivity contribution is 6.35. The van der Waals surface area contributed by atoms with E-state index >= 15 is 0 Å². The number of carbonyl (C=O) groups is 1. The summed E-state index contributed by atoms with van der Waals surface area (Å²) in [7, 11) is 0. The van der Waals surface area contributed by atoms with E-state index in [9.17, 15) is 4.79 Å². The Balaban J connectivity index is 2.09. The Bertz CT molecular complexity index is 791. The molecule has 0 aliphatic rings. The predicted octanol–water partition coefficient (Wildman–Crippen LogP) is 5.83. The number of nitrogens with one attached hydrogen (secondary N) is 1. The molecule has 0 bridgehead atoms. The van der Waals surface area contributed by atoms with E-state index in [0.29, 0.717) is 40.4 Å². The number of rotatable bonds is 8. The molecule has 1 N–H and O–H groups in total. The highest BCUT2D eigenvalue weighted by Gasteiger charge is 2.07. The van der Waals surface area contributed by atoms with Crippen molar-refractivity contribution in [1.29, 1.82) is 0 Å². The molecule has 2 aromatic rings. The van der Waals surface area contributed by atoms with Gasteiger partial charge in [-0.25, -0.2) is 0 Å². The van der Waals surface area contributed by atoms with Crippen molar-refractivity contribution in [3.05, 3.63) is 58.1 Å². The third kappa shape index (κ3) is 5.97. The maximum atomic E-state index is 12.1. The standard InChI is InChI=1S/C20H21Cl2NO3/c1-3-11-26-18-9-5-14(12-19(18)25-4-2)6-10-20(24)23-17-13-15(21)7-8-16(17)22/h5-10,12-13H,3-4,11H2,1-2H3,(H,23,24)/b10-6+. The van der Waals surface area contributed by atoms with E-state index in [2.05, 4.69) is 5.32 Å². The number of benzene rings is 2. The van der Waals surface area contributed by atoms with Crippen LogP contribution in [0.5, 0.6) is 11.5 Å². The van der Waals surface area contributed by atoms with E-state index in [-0.39, 0.29) is 5.91 Å². The molecule has 2 rings (SSSR count). The van der Waals surface area contributed by atoms with Crippen LogP contribution in [0.3, 0.4) is 0 Å². The first-order chi connectivity index (χ1) is 12.5. The van der Waals surface area contributed by atoms with E-state index in [1.807, 2.05) is 32.0 Å². The number of carbonyl (C=O) groups excluding carboxylic acids is 1. The zero-order valence-corrected chi connectivity index (χ0v) is 16.2. The molecule has 0 heterocycles. The van der Waals surface area contributed by atoms with E-state index < -0.39 is 0 Å². The summed E-state index contributed by atoms with van der Waals surface area (Å²) in [6.07, 6.45) is 4.04. The third-order valence-corrected chi connectivity index (χ3v) is 3.91. The Kier molecular flexibility index (Phi) is 7.82. The van der Waals surface area contributed by atoms with Gasteiger partial charge in [0.15, 0.2) is 11.5 Å². The van der Waals surface area contributed by atoms with Crippen LogP contribution in [0.2, 0.25) is 10.0 Å². The summed E-state index contributed by atoms with van der Waals surface area (Å²) in [5.74, 6) is 1.04. The fourth-order valence-corrected chi connectivity index (χ4v) is 2.50. The van der Waals surface area contributed by atoms with Gasteiger partial charge in [0.1, 0.15) is 0 Å². The smallest absolute Gasteiger partial charge is 0.248 e. The van der Waals surface area contributed by atoms with Gasteiger partial charge in [0, 0.05) is 11.1 Å². The Morgan fingerprint density at radius 2 is 1.88 bits per heavy atom. The molecular formula is C20H21Cl2NO3. The number of anilines is 1. The van der Waals surface area contributed by atoms with E-state index in [4.69, 9.17) is 32.7 Å². The Morgan fingerprint density at radius 1 is 1.08 bits per heavy atom. The second-order valence-corrected chi connectivity index (χ2v) is 6.28. The SMILES string of the molecule is CCCOc1ccc(/C=C/C(=O)Nc2cc(Cl)ccc2Cl)cc1OCC. The molecule has 0 unspecified atom stereocenters. The molecular weight excluding hydrogens is 373 g/mol. The summed E-state index contributed by atoms with van der Waals surface area (Å²) in [5.41, 5.74) is 1.29. The first-order valence-electron chi connectivity index (χ1n) is 8.37. The lowest BCUT2D eigenvalue weighted by atomic mass is 10.2.